The highest BCUT2D eigenvalue weighted by Crippen LogP contribution is 2.08. The van der Waals surface area contributed by atoms with E-state index in [1.54, 1.807) is 23.4 Å². The first-order valence-corrected chi connectivity index (χ1v) is 3.47. The average molecular weight is 161 g/mol. The van der Waals surface area contributed by atoms with Crippen LogP contribution >= 0.6 is 0 Å². The number of aromatic nitrogens is 5. The van der Waals surface area contributed by atoms with Gasteiger partial charge in [-0.25, -0.2) is 15.0 Å². The second-order valence-corrected chi connectivity index (χ2v) is 2.37. The summed E-state index contributed by atoms with van der Waals surface area (Å²) in [5, 5.41) is 4.11. The Bertz CT molecular complexity index is 366. The maximum atomic E-state index is 4.11. The van der Waals surface area contributed by atoms with E-state index in [2.05, 4.69) is 20.1 Å². The molecule has 12 heavy (non-hydrogen) atoms. The molecule has 5 heteroatoms. The fraction of sp³-hybridized carbons (Fsp3) is 0.143. The van der Waals surface area contributed by atoms with Crippen molar-refractivity contribution in [2.45, 2.75) is 0 Å². The van der Waals surface area contributed by atoms with E-state index in [1.165, 1.54) is 6.33 Å². The van der Waals surface area contributed by atoms with Crippen molar-refractivity contribution >= 4 is 0 Å². The molecule has 0 aromatic carbocycles. The monoisotopic (exact) mass is 161 g/mol. The van der Waals surface area contributed by atoms with Gasteiger partial charge in [0.2, 0.25) is 0 Å². The van der Waals surface area contributed by atoms with Crippen LogP contribution in [0.4, 0.5) is 0 Å². The summed E-state index contributed by atoms with van der Waals surface area (Å²) in [5.41, 5.74) is 0.832. The van der Waals surface area contributed by atoms with Crippen molar-refractivity contribution < 1.29 is 0 Å². The predicted molar refractivity (Wildman–Crippen MR) is 42.0 cm³/mol. The van der Waals surface area contributed by atoms with Crippen LogP contribution in [0.25, 0.3) is 11.4 Å². The van der Waals surface area contributed by atoms with Gasteiger partial charge in [0.1, 0.15) is 12.7 Å². The smallest absolute Gasteiger partial charge is 0.184 e. The third-order valence-electron chi connectivity index (χ3n) is 1.42. The minimum Gasteiger partial charge on any atom is -0.255 e. The van der Waals surface area contributed by atoms with Crippen LogP contribution < -0.4 is 0 Å². The standard InChI is InChI=1S/C7H7N5/c1-12-5-10-7(11-12)6-2-8-4-9-3-6/h2-5H,1H3. The molecule has 2 heterocycles. The number of nitrogens with zero attached hydrogens (tertiary/aromatic N) is 5. The zero-order valence-corrected chi connectivity index (χ0v) is 6.55. The van der Waals surface area contributed by atoms with Gasteiger partial charge in [-0.2, -0.15) is 5.10 Å². The van der Waals surface area contributed by atoms with Crippen LogP contribution in [-0.2, 0) is 7.05 Å². The van der Waals surface area contributed by atoms with E-state index in [9.17, 15) is 0 Å². The molecule has 0 bridgehead atoms. The Morgan fingerprint density at radius 3 is 2.58 bits per heavy atom. The first-order chi connectivity index (χ1) is 5.86. The van der Waals surface area contributed by atoms with Gasteiger partial charge in [-0.15, -0.1) is 0 Å². The maximum absolute atomic E-state index is 4.11. The lowest BCUT2D eigenvalue weighted by Gasteiger charge is -1.90. The zero-order valence-electron chi connectivity index (χ0n) is 6.55. The molecule has 0 unspecified atom stereocenters. The maximum Gasteiger partial charge on any atom is 0.184 e. The van der Waals surface area contributed by atoms with Gasteiger partial charge in [0, 0.05) is 19.4 Å². The van der Waals surface area contributed by atoms with Crippen LogP contribution in [0.5, 0.6) is 0 Å². The van der Waals surface area contributed by atoms with Gasteiger partial charge in [0.25, 0.3) is 0 Å². The highest BCUT2D eigenvalue weighted by atomic mass is 15.3. The number of hydrogen-bond acceptors (Lipinski definition) is 4. The van der Waals surface area contributed by atoms with E-state index in [1.807, 2.05) is 7.05 Å². The highest BCUT2D eigenvalue weighted by molar-refractivity contribution is 5.50. The predicted octanol–water partition coefficient (Wildman–Crippen LogP) is 0.272. The topological polar surface area (TPSA) is 56.5 Å². The molecule has 2 aromatic rings. The van der Waals surface area contributed by atoms with Crippen molar-refractivity contribution in [1.29, 1.82) is 0 Å². The minimum absolute atomic E-state index is 0.651. The Hall–Kier alpha value is -1.78. The zero-order chi connectivity index (χ0) is 8.39. The van der Waals surface area contributed by atoms with Crippen molar-refractivity contribution in [2.75, 3.05) is 0 Å². The van der Waals surface area contributed by atoms with Gasteiger partial charge < -0.3 is 0 Å². The summed E-state index contributed by atoms with van der Waals surface area (Å²) in [7, 11) is 1.82. The summed E-state index contributed by atoms with van der Waals surface area (Å²) in [5.74, 6) is 0.651. The van der Waals surface area contributed by atoms with E-state index >= 15 is 0 Å². The average Bonchev–Trinajstić information content (AvgIpc) is 2.54. The molecule has 0 saturated carbocycles. The van der Waals surface area contributed by atoms with Crippen molar-refractivity contribution in [3.63, 3.8) is 0 Å². The Morgan fingerprint density at radius 2 is 2.00 bits per heavy atom. The van der Waals surface area contributed by atoms with Crippen LogP contribution in [0.1, 0.15) is 0 Å². The molecular weight excluding hydrogens is 154 g/mol. The van der Waals surface area contributed by atoms with Crippen molar-refractivity contribution in [3.8, 4) is 11.4 Å². The minimum atomic E-state index is 0.651. The van der Waals surface area contributed by atoms with Crippen LogP contribution in [0.3, 0.4) is 0 Å². The lowest BCUT2D eigenvalue weighted by atomic mass is 10.3. The molecule has 0 aliphatic rings. The molecule has 60 valence electrons. The van der Waals surface area contributed by atoms with Gasteiger partial charge in [-0.3, -0.25) is 4.68 Å². The van der Waals surface area contributed by atoms with Crippen molar-refractivity contribution in [3.05, 3.63) is 25.0 Å². The molecular formula is C7H7N5. The Kier molecular flexibility index (Phi) is 1.55. The number of aryl methyl sites for hydroxylation is 1. The van der Waals surface area contributed by atoms with E-state index in [-0.39, 0.29) is 0 Å². The molecule has 0 aliphatic carbocycles. The summed E-state index contributed by atoms with van der Waals surface area (Å²) in [6.45, 7) is 0. The van der Waals surface area contributed by atoms with E-state index in [0.717, 1.165) is 5.56 Å². The molecule has 0 aliphatic heterocycles. The first-order valence-electron chi connectivity index (χ1n) is 3.47. The molecule has 5 nitrogen and oxygen atoms in total. The molecule has 0 spiro atoms. The fourth-order valence-corrected chi connectivity index (χ4v) is 0.886. The van der Waals surface area contributed by atoms with Gasteiger partial charge in [0.05, 0.1) is 5.56 Å². The Labute approximate surface area is 69.1 Å². The lowest BCUT2D eigenvalue weighted by molar-refractivity contribution is 0.768. The van der Waals surface area contributed by atoms with E-state index in [4.69, 9.17) is 0 Å². The third kappa shape index (κ3) is 1.16. The van der Waals surface area contributed by atoms with Crippen LogP contribution in [0, 0.1) is 0 Å². The lowest BCUT2D eigenvalue weighted by Crippen LogP contribution is -1.88. The summed E-state index contributed by atoms with van der Waals surface area (Å²) in [6, 6.07) is 0. The third-order valence-corrected chi connectivity index (χ3v) is 1.42. The fourth-order valence-electron chi connectivity index (χ4n) is 0.886. The number of hydrogen-bond donors (Lipinski definition) is 0. The summed E-state index contributed by atoms with van der Waals surface area (Å²) in [6.07, 6.45) is 6.49. The highest BCUT2D eigenvalue weighted by Gasteiger charge is 2.01. The normalized spacial score (nSPS) is 10.1. The van der Waals surface area contributed by atoms with Crippen molar-refractivity contribution in [1.82, 2.24) is 24.7 Å². The summed E-state index contributed by atoms with van der Waals surface area (Å²) >= 11 is 0. The summed E-state index contributed by atoms with van der Waals surface area (Å²) < 4.78 is 1.64. The second kappa shape index (κ2) is 2.69. The molecule has 2 aromatic heterocycles. The molecule has 2 rings (SSSR count). The van der Waals surface area contributed by atoms with Gasteiger partial charge in [-0.1, -0.05) is 0 Å². The van der Waals surface area contributed by atoms with Crippen LogP contribution in [-0.4, -0.2) is 24.7 Å². The van der Waals surface area contributed by atoms with Crippen molar-refractivity contribution in [2.24, 2.45) is 7.05 Å². The Balaban J connectivity index is 2.45. The van der Waals surface area contributed by atoms with E-state index in [0.29, 0.717) is 5.82 Å². The largest absolute Gasteiger partial charge is 0.255 e. The van der Waals surface area contributed by atoms with Gasteiger partial charge in [-0.05, 0) is 0 Å². The van der Waals surface area contributed by atoms with Crippen LogP contribution in [0.15, 0.2) is 25.0 Å². The number of rotatable bonds is 1. The molecule has 0 fully saturated rings. The summed E-state index contributed by atoms with van der Waals surface area (Å²) in [4.78, 5) is 11.8. The molecule has 0 atom stereocenters. The molecule has 0 N–H and O–H groups in total. The molecule has 0 radical (unpaired) electrons. The van der Waals surface area contributed by atoms with Crippen LogP contribution in [0.2, 0.25) is 0 Å². The van der Waals surface area contributed by atoms with Gasteiger partial charge in [0.15, 0.2) is 5.82 Å². The molecule has 0 saturated heterocycles. The Morgan fingerprint density at radius 1 is 1.25 bits per heavy atom. The van der Waals surface area contributed by atoms with E-state index < -0.39 is 0 Å². The quantitative estimate of drug-likeness (QED) is 0.602. The SMILES string of the molecule is Cn1cnc(-c2cncnc2)n1. The first kappa shape index (κ1) is 6.90. The van der Waals surface area contributed by atoms with Gasteiger partial charge >= 0.3 is 0 Å². The second-order valence-electron chi connectivity index (χ2n) is 2.37. The molecule has 0 amide bonds.